The van der Waals surface area contributed by atoms with E-state index in [2.05, 4.69) is 4.90 Å². The van der Waals surface area contributed by atoms with E-state index in [1.807, 2.05) is 0 Å². The molecule has 1 aromatic rings. The highest BCUT2D eigenvalue weighted by Gasteiger charge is 2.23. The second-order valence-electron chi connectivity index (χ2n) is 4.72. The number of para-hydroxylation sites is 1. The standard InChI is InChI=1S/C13H19N3O2/c14-11-3-1-2-10(13(15)18)12(11)16-6-4-9(8-17)5-7-16/h1-3,9,17H,4-8,14H2,(H2,15,18). The van der Waals surface area contributed by atoms with Gasteiger partial charge in [-0.1, -0.05) is 6.07 Å². The largest absolute Gasteiger partial charge is 0.397 e. The minimum atomic E-state index is -0.457. The van der Waals surface area contributed by atoms with Gasteiger partial charge in [0, 0.05) is 19.7 Å². The van der Waals surface area contributed by atoms with Crippen molar-refractivity contribution in [3.63, 3.8) is 0 Å². The summed E-state index contributed by atoms with van der Waals surface area (Å²) in [6.45, 7) is 1.81. The summed E-state index contributed by atoms with van der Waals surface area (Å²) in [7, 11) is 0. The molecule has 5 heteroatoms. The Morgan fingerprint density at radius 1 is 1.39 bits per heavy atom. The molecule has 1 aromatic carbocycles. The van der Waals surface area contributed by atoms with Crippen LogP contribution in [0.25, 0.3) is 0 Å². The number of nitrogens with zero attached hydrogens (tertiary/aromatic N) is 1. The summed E-state index contributed by atoms with van der Waals surface area (Å²) >= 11 is 0. The SMILES string of the molecule is NC(=O)c1cccc(N)c1N1CCC(CO)CC1. The Labute approximate surface area is 106 Å². The molecule has 1 aliphatic heterocycles. The molecule has 0 spiro atoms. The Kier molecular flexibility index (Phi) is 3.72. The number of rotatable bonds is 3. The Morgan fingerprint density at radius 3 is 2.61 bits per heavy atom. The molecule has 0 saturated carbocycles. The van der Waals surface area contributed by atoms with Crippen LogP contribution in [0.1, 0.15) is 23.2 Å². The molecule has 1 fully saturated rings. The van der Waals surface area contributed by atoms with E-state index in [0.717, 1.165) is 31.6 Å². The average molecular weight is 249 g/mol. The number of carbonyl (C=O) groups excluding carboxylic acids is 1. The van der Waals surface area contributed by atoms with Crippen molar-refractivity contribution < 1.29 is 9.90 Å². The fraction of sp³-hybridized carbons (Fsp3) is 0.462. The van der Waals surface area contributed by atoms with Crippen LogP contribution in [-0.4, -0.2) is 30.7 Å². The second-order valence-corrected chi connectivity index (χ2v) is 4.72. The third-order valence-corrected chi connectivity index (χ3v) is 3.52. The molecule has 1 aliphatic rings. The zero-order chi connectivity index (χ0) is 13.1. The van der Waals surface area contributed by atoms with Crippen LogP contribution in [0, 0.1) is 5.92 Å². The van der Waals surface area contributed by atoms with Crippen LogP contribution in [0.2, 0.25) is 0 Å². The summed E-state index contributed by atoms with van der Waals surface area (Å²) in [5.74, 6) is -0.107. The van der Waals surface area contributed by atoms with E-state index in [4.69, 9.17) is 16.6 Å². The van der Waals surface area contributed by atoms with Crippen LogP contribution in [-0.2, 0) is 0 Å². The second kappa shape index (κ2) is 5.27. The van der Waals surface area contributed by atoms with Gasteiger partial charge in [-0.25, -0.2) is 0 Å². The van der Waals surface area contributed by atoms with Crippen LogP contribution in [0.5, 0.6) is 0 Å². The van der Waals surface area contributed by atoms with Crippen molar-refractivity contribution in [2.24, 2.45) is 11.7 Å². The van der Waals surface area contributed by atoms with Gasteiger partial charge in [0.15, 0.2) is 0 Å². The number of piperidine rings is 1. The van der Waals surface area contributed by atoms with Crippen molar-refractivity contribution in [3.05, 3.63) is 23.8 Å². The zero-order valence-electron chi connectivity index (χ0n) is 10.3. The molecule has 0 aromatic heterocycles. The highest BCUT2D eigenvalue weighted by molar-refractivity contribution is 6.01. The van der Waals surface area contributed by atoms with Gasteiger partial charge in [-0.15, -0.1) is 0 Å². The Balaban J connectivity index is 2.26. The van der Waals surface area contributed by atoms with E-state index in [1.54, 1.807) is 18.2 Å². The minimum Gasteiger partial charge on any atom is -0.397 e. The molecule has 0 bridgehead atoms. The molecule has 2 rings (SSSR count). The highest BCUT2D eigenvalue weighted by Crippen LogP contribution is 2.31. The van der Waals surface area contributed by atoms with Gasteiger partial charge in [0.05, 0.1) is 16.9 Å². The molecule has 1 amide bonds. The van der Waals surface area contributed by atoms with Gasteiger partial charge in [-0.2, -0.15) is 0 Å². The van der Waals surface area contributed by atoms with Crippen molar-refractivity contribution in [2.75, 3.05) is 30.3 Å². The molecule has 1 heterocycles. The van der Waals surface area contributed by atoms with Gasteiger partial charge >= 0.3 is 0 Å². The van der Waals surface area contributed by atoms with Crippen molar-refractivity contribution in [3.8, 4) is 0 Å². The number of anilines is 2. The molecule has 0 aliphatic carbocycles. The first-order valence-corrected chi connectivity index (χ1v) is 6.17. The van der Waals surface area contributed by atoms with Crippen LogP contribution in [0.15, 0.2) is 18.2 Å². The van der Waals surface area contributed by atoms with Crippen LogP contribution in [0.3, 0.4) is 0 Å². The summed E-state index contributed by atoms with van der Waals surface area (Å²) in [4.78, 5) is 13.5. The lowest BCUT2D eigenvalue weighted by Gasteiger charge is -2.34. The molecule has 5 nitrogen and oxygen atoms in total. The first-order chi connectivity index (χ1) is 8.63. The summed E-state index contributed by atoms with van der Waals surface area (Å²) < 4.78 is 0. The number of hydrogen-bond donors (Lipinski definition) is 3. The van der Waals surface area contributed by atoms with Gasteiger partial charge in [-0.05, 0) is 30.9 Å². The van der Waals surface area contributed by atoms with E-state index in [1.165, 1.54) is 0 Å². The maximum absolute atomic E-state index is 11.4. The third-order valence-electron chi connectivity index (χ3n) is 3.52. The Bertz CT molecular complexity index is 440. The van der Waals surface area contributed by atoms with E-state index in [-0.39, 0.29) is 6.61 Å². The molecule has 0 unspecified atom stereocenters. The van der Waals surface area contributed by atoms with E-state index >= 15 is 0 Å². The number of hydrogen-bond acceptors (Lipinski definition) is 4. The lowest BCUT2D eigenvalue weighted by atomic mass is 9.96. The predicted octanol–water partition coefficient (Wildman–Crippen LogP) is 0.576. The Hall–Kier alpha value is -1.75. The number of aliphatic hydroxyl groups is 1. The minimum absolute atomic E-state index is 0.223. The quantitative estimate of drug-likeness (QED) is 0.683. The molecule has 1 saturated heterocycles. The number of benzene rings is 1. The van der Waals surface area contributed by atoms with Gasteiger partial charge in [0.2, 0.25) is 0 Å². The van der Waals surface area contributed by atoms with Crippen molar-refractivity contribution in [1.82, 2.24) is 0 Å². The predicted molar refractivity (Wildman–Crippen MR) is 71.4 cm³/mol. The van der Waals surface area contributed by atoms with E-state index in [0.29, 0.717) is 17.2 Å². The highest BCUT2D eigenvalue weighted by atomic mass is 16.3. The van der Waals surface area contributed by atoms with Crippen LogP contribution < -0.4 is 16.4 Å². The maximum atomic E-state index is 11.4. The molecule has 0 atom stereocenters. The number of nitrogens with two attached hydrogens (primary N) is 2. The molecule has 98 valence electrons. The molecule has 0 radical (unpaired) electrons. The van der Waals surface area contributed by atoms with E-state index < -0.39 is 5.91 Å². The summed E-state index contributed by atoms with van der Waals surface area (Å²) in [5, 5.41) is 9.13. The smallest absolute Gasteiger partial charge is 0.250 e. The van der Waals surface area contributed by atoms with E-state index in [9.17, 15) is 4.79 Å². The van der Waals surface area contributed by atoms with Gasteiger partial charge in [-0.3, -0.25) is 4.79 Å². The van der Waals surface area contributed by atoms with Gasteiger partial charge in [0.1, 0.15) is 0 Å². The van der Waals surface area contributed by atoms with Gasteiger partial charge in [0.25, 0.3) is 5.91 Å². The van der Waals surface area contributed by atoms with Crippen molar-refractivity contribution >= 4 is 17.3 Å². The third kappa shape index (κ3) is 2.41. The van der Waals surface area contributed by atoms with Crippen LogP contribution in [0.4, 0.5) is 11.4 Å². The van der Waals surface area contributed by atoms with Crippen LogP contribution >= 0.6 is 0 Å². The first kappa shape index (κ1) is 12.7. The zero-order valence-corrected chi connectivity index (χ0v) is 10.3. The lowest BCUT2D eigenvalue weighted by molar-refractivity contribution is 0.100. The molecular formula is C13H19N3O2. The summed E-state index contributed by atoms with van der Waals surface area (Å²) in [6.07, 6.45) is 1.81. The summed E-state index contributed by atoms with van der Waals surface area (Å²) in [6, 6.07) is 5.21. The van der Waals surface area contributed by atoms with Gasteiger partial charge < -0.3 is 21.5 Å². The number of amides is 1. The average Bonchev–Trinajstić information content (AvgIpc) is 2.38. The molecule has 5 N–H and O–H groups in total. The maximum Gasteiger partial charge on any atom is 0.250 e. The molecule has 18 heavy (non-hydrogen) atoms. The fourth-order valence-corrected chi connectivity index (χ4v) is 2.45. The topological polar surface area (TPSA) is 92.6 Å². The molecular weight excluding hydrogens is 230 g/mol. The number of primary amides is 1. The first-order valence-electron chi connectivity index (χ1n) is 6.17. The number of nitrogen functional groups attached to an aromatic ring is 1. The fourth-order valence-electron chi connectivity index (χ4n) is 2.45. The monoisotopic (exact) mass is 249 g/mol. The van der Waals surface area contributed by atoms with Crippen molar-refractivity contribution in [1.29, 1.82) is 0 Å². The normalized spacial score (nSPS) is 16.8. The number of carbonyl (C=O) groups is 1. The number of aliphatic hydroxyl groups excluding tert-OH is 1. The Morgan fingerprint density at radius 2 is 2.06 bits per heavy atom. The lowest BCUT2D eigenvalue weighted by Crippen LogP contribution is -2.36. The van der Waals surface area contributed by atoms with Crippen molar-refractivity contribution in [2.45, 2.75) is 12.8 Å². The summed E-state index contributed by atoms with van der Waals surface area (Å²) in [5.41, 5.74) is 13.1.